The Kier molecular flexibility index (Phi) is 2.33. The molecule has 2 aromatic heterocycles. The molecule has 0 aliphatic carbocycles. The summed E-state index contributed by atoms with van der Waals surface area (Å²) in [5.41, 5.74) is 1.88. The van der Waals surface area contributed by atoms with Crippen molar-refractivity contribution in [1.82, 2.24) is 14.6 Å². The van der Waals surface area contributed by atoms with Gasteiger partial charge in [-0.15, -0.1) is 5.10 Å². The largest absolute Gasteiger partial charge is 0.218 e. The molecule has 3 nitrogen and oxygen atoms in total. The second kappa shape index (κ2) is 3.87. The van der Waals surface area contributed by atoms with E-state index in [1.807, 2.05) is 19.1 Å². The van der Waals surface area contributed by atoms with Crippen LogP contribution in [0.15, 0.2) is 36.4 Å². The average Bonchev–Trinajstić information content (AvgIpc) is 2.73. The lowest BCUT2D eigenvalue weighted by Gasteiger charge is -1.96. The van der Waals surface area contributed by atoms with Gasteiger partial charge in [0.15, 0.2) is 11.5 Å². The van der Waals surface area contributed by atoms with Crippen molar-refractivity contribution in [2.45, 2.75) is 6.92 Å². The van der Waals surface area contributed by atoms with Gasteiger partial charge in [0.05, 0.1) is 0 Å². The van der Waals surface area contributed by atoms with E-state index in [2.05, 4.69) is 10.1 Å². The summed E-state index contributed by atoms with van der Waals surface area (Å²) in [6, 6.07) is 8.79. The monoisotopic (exact) mass is 245 g/mol. The Labute approximate surface area is 102 Å². The lowest BCUT2D eigenvalue weighted by Crippen LogP contribution is -1.92. The number of hydrogen-bond donors (Lipinski definition) is 0. The molecule has 3 aromatic rings. The standard InChI is InChI=1S/C13H9F2N3/c1-8-3-2-4-12-16-13(17-18(8)12)9-5-10(14)7-11(15)6-9/h2-7H,1H3. The molecule has 1 aromatic carbocycles. The molecular formula is C13H9F2N3. The molecular weight excluding hydrogens is 236 g/mol. The Morgan fingerprint density at radius 2 is 1.78 bits per heavy atom. The van der Waals surface area contributed by atoms with E-state index in [1.165, 1.54) is 12.1 Å². The maximum Gasteiger partial charge on any atom is 0.182 e. The molecule has 0 saturated carbocycles. The highest BCUT2D eigenvalue weighted by Gasteiger charge is 2.09. The van der Waals surface area contributed by atoms with Gasteiger partial charge in [-0.1, -0.05) is 6.07 Å². The first kappa shape index (κ1) is 10.8. The van der Waals surface area contributed by atoms with Gasteiger partial charge in [0.25, 0.3) is 0 Å². The van der Waals surface area contributed by atoms with Crippen LogP contribution in [0.5, 0.6) is 0 Å². The minimum absolute atomic E-state index is 0.308. The third kappa shape index (κ3) is 1.73. The Morgan fingerprint density at radius 1 is 1.06 bits per heavy atom. The van der Waals surface area contributed by atoms with Gasteiger partial charge in [-0.25, -0.2) is 18.3 Å². The van der Waals surface area contributed by atoms with Crippen molar-refractivity contribution in [1.29, 1.82) is 0 Å². The first-order chi connectivity index (χ1) is 8.63. The maximum absolute atomic E-state index is 13.1. The van der Waals surface area contributed by atoms with Gasteiger partial charge in [-0.2, -0.15) is 0 Å². The van der Waals surface area contributed by atoms with Gasteiger partial charge >= 0.3 is 0 Å². The Hall–Kier alpha value is -2.30. The van der Waals surface area contributed by atoms with Gasteiger partial charge in [-0.3, -0.25) is 0 Å². The molecule has 2 heterocycles. The van der Waals surface area contributed by atoms with Gasteiger partial charge in [-0.05, 0) is 31.2 Å². The second-order valence-corrected chi connectivity index (χ2v) is 4.03. The molecule has 0 amide bonds. The van der Waals surface area contributed by atoms with Gasteiger partial charge in [0, 0.05) is 17.3 Å². The first-order valence-corrected chi connectivity index (χ1v) is 5.42. The van der Waals surface area contributed by atoms with Crippen LogP contribution >= 0.6 is 0 Å². The quantitative estimate of drug-likeness (QED) is 0.659. The summed E-state index contributed by atoms with van der Waals surface area (Å²) in [5, 5.41) is 4.24. The predicted molar refractivity (Wildman–Crippen MR) is 63.1 cm³/mol. The molecule has 0 spiro atoms. The number of aromatic nitrogens is 3. The van der Waals surface area contributed by atoms with Crippen molar-refractivity contribution >= 4 is 5.65 Å². The third-order valence-corrected chi connectivity index (χ3v) is 2.67. The fourth-order valence-corrected chi connectivity index (χ4v) is 1.84. The van der Waals surface area contributed by atoms with E-state index < -0.39 is 11.6 Å². The highest BCUT2D eigenvalue weighted by atomic mass is 19.1. The summed E-state index contributed by atoms with van der Waals surface area (Å²) >= 11 is 0. The zero-order valence-electron chi connectivity index (χ0n) is 9.56. The van der Waals surface area contributed by atoms with Crippen LogP contribution in [0.4, 0.5) is 8.78 Å². The molecule has 0 radical (unpaired) electrons. The summed E-state index contributed by atoms with van der Waals surface area (Å²) in [5.74, 6) is -0.969. The third-order valence-electron chi connectivity index (χ3n) is 2.67. The Bertz CT molecular complexity index is 714. The summed E-state index contributed by atoms with van der Waals surface area (Å²) in [6.45, 7) is 1.89. The number of nitrogens with zero attached hydrogens (tertiary/aromatic N) is 3. The molecule has 0 fully saturated rings. The molecule has 0 atom stereocenters. The smallest absolute Gasteiger partial charge is 0.182 e. The summed E-state index contributed by atoms with van der Waals surface area (Å²) in [6.07, 6.45) is 0. The van der Waals surface area contributed by atoms with Crippen molar-refractivity contribution in [2.75, 3.05) is 0 Å². The van der Waals surface area contributed by atoms with Crippen LogP contribution in [0, 0.1) is 18.6 Å². The van der Waals surface area contributed by atoms with Gasteiger partial charge in [0.1, 0.15) is 11.6 Å². The van der Waals surface area contributed by atoms with Crippen LogP contribution in [0.2, 0.25) is 0 Å². The highest BCUT2D eigenvalue weighted by Crippen LogP contribution is 2.19. The molecule has 18 heavy (non-hydrogen) atoms. The number of benzene rings is 1. The second-order valence-electron chi connectivity index (χ2n) is 4.03. The predicted octanol–water partition coefficient (Wildman–Crippen LogP) is 2.98. The Morgan fingerprint density at radius 3 is 2.44 bits per heavy atom. The number of rotatable bonds is 1. The average molecular weight is 245 g/mol. The minimum atomic E-state index is -0.638. The van der Waals surface area contributed by atoms with Crippen LogP contribution in [0.3, 0.4) is 0 Å². The van der Waals surface area contributed by atoms with Crippen molar-refractivity contribution in [2.24, 2.45) is 0 Å². The summed E-state index contributed by atoms with van der Waals surface area (Å²) < 4.78 is 27.9. The lowest BCUT2D eigenvalue weighted by molar-refractivity contribution is 0.584. The molecule has 0 bridgehead atoms. The zero-order valence-corrected chi connectivity index (χ0v) is 9.56. The van der Waals surface area contributed by atoms with E-state index in [0.717, 1.165) is 11.8 Å². The molecule has 0 unspecified atom stereocenters. The van der Waals surface area contributed by atoms with Crippen molar-refractivity contribution in [3.8, 4) is 11.4 Å². The van der Waals surface area contributed by atoms with E-state index in [0.29, 0.717) is 17.0 Å². The van der Waals surface area contributed by atoms with E-state index in [-0.39, 0.29) is 0 Å². The SMILES string of the molecule is Cc1cccc2nc(-c3cc(F)cc(F)c3)nn12. The molecule has 3 rings (SSSR count). The number of hydrogen-bond acceptors (Lipinski definition) is 2. The molecule has 0 aliphatic rings. The van der Waals surface area contributed by atoms with Crippen molar-refractivity contribution in [3.05, 3.63) is 53.7 Å². The number of halogens is 2. The van der Waals surface area contributed by atoms with Gasteiger partial charge < -0.3 is 0 Å². The highest BCUT2D eigenvalue weighted by molar-refractivity contribution is 5.58. The maximum atomic E-state index is 13.1. The number of aryl methyl sites for hydroxylation is 1. The van der Waals surface area contributed by atoms with Crippen LogP contribution in [-0.2, 0) is 0 Å². The molecule has 5 heteroatoms. The van der Waals surface area contributed by atoms with E-state index in [4.69, 9.17) is 0 Å². The first-order valence-electron chi connectivity index (χ1n) is 5.42. The zero-order chi connectivity index (χ0) is 12.7. The van der Waals surface area contributed by atoms with E-state index in [9.17, 15) is 8.78 Å². The summed E-state index contributed by atoms with van der Waals surface area (Å²) in [4.78, 5) is 4.24. The fourth-order valence-electron chi connectivity index (χ4n) is 1.84. The fraction of sp³-hybridized carbons (Fsp3) is 0.0769. The van der Waals surface area contributed by atoms with E-state index in [1.54, 1.807) is 10.6 Å². The van der Waals surface area contributed by atoms with Crippen LogP contribution in [0.25, 0.3) is 17.0 Å². The molecule has 0 saturated heterocycles. The van der Waals surface area contributed by atoms with Crippen molar-refractivity contribution in [3.63, 3.8) is 0 Å². The minimum Gasteiger partial charge on any atom is -0.218 e. The molecule has 0 N–H and O–H groups in total. The number of fused-ring (bicyclic) bond motifs is 1. The van der Waals surface area contributed by atoms with E-state index >= 15 is 0 Å². The molecule has 0 aliphatic heterocycles. The van der Waals surface area contributed by atoms with Gasteiger partial charge in [0.2, 0.25) is 0 Å². The van der Waals surface area contributed by atoms with Crippen LogP contribution < -0.4 is 0 Å². The number of pyridine rings is 1. The molecule has 90 valence electrons. The normalized spacial score (nSPS) is 11.1. The summed E-state index contributed by atoms with van der Waals surface area (Å²) in [7, 11) is 0. The van der Waals surface area contributed by atoms with Crippen LogP contribution in [0.1, 0.15) is 5.69 Å². The Balaban J connectivity index is 2.22. The topological polar surface area (TPSA) is 30.2 Å². The lowest BCUT2D eigenvalue weighted by atomic mass is 10.2. The van der Waals surface area contributed by atoms with Crippen molar-refractivity contribution < 1.29 is 8.78 Å². The van der Waals surface area contributed by atoms with Crippen LogP contribution in [-0.4, -0.2) is 14.6 Å².